The number of alkyl halides is 3. The molecule has 0 radical (unpaired) electrons. The molecule has 0 amide bonds. The zero-order valence-corrected chi connectivity index (χ0v) is 11.9. The number of nitrogens with zero attached hydrogens (tertiary/aromatic N) is 4. The third-order valence-electron chi connectivity index (χ3n) is 3.36. The lowest BCUT2D eigenvalue weighted by Crippen LogP contribution is -2.46. The number of halogens is 3. The van der Waals surface area contributed by atoms with Gasteiger partial charge in [-0.2, -0.15) is 13.2 Å². The number of aromatic nitrogens is 2. The van der Waals surface area contributed by atoms with Gasteiger partial charge in [-0.15, -0.1) is 21.5 Å². The molecule has 1 saturated heterocycles. The molecule has 0 unspecified atom stereocenters. The van der Waals surface area contributed by atoms with Crippen molar-refractivity contribution in [3.05, 3.63) is 35.3 Å². The van der Waals surface area contributed by atoms with Crippen LogP contribution in [0.5, 0.6) is 0 Å². The Bertz CT molecular complexity index is 574. The van der Waals surface area contributed by atoms with Crippen molar-refractivity contribution >= 4 is 22.2 Å². The summed E-state index contributed by atoms with van der Waals surface area (Å²) in [5.41, 5.74) is -0.955. The Kier molecular flexibility index (Phi) is 3.71. The summed E-state index contributed by atoms with van der Waals surface area (Å²) >= 11 is 1.69. The SMILES string of the molecule is FC(F)(F)c1ccc(N2CCN(c3cccs3)CC2)nn1. The van der Waals surface area contributed by atoms with Crippen LogP contribution in [-0.2, 0) is 6.18 Å². The average Bonchev–Trinajstić information content (AvgIpc) is 3.01. The van der Waals surface area contributed by atoms with Gasteiger partial charge >= 0.3 is 6.18 Å². The number of thiophene rings is 1. The van der Waals surface area contributed by atoms with Crippen molar-refractivity contribution in [3.63, 3.8) is 0 Å². The Labute approximate surface area is 123 Å². The van der Waals surface area contributed by atoms with Gasteiger partial charge in [0.1, 0.15) is 0 Å². The standard InChI is InChI=1S/C13H13F3N4S/c14-13(15,16)10-3-4-11(18-17-10)19-5-7-20(8-6-19)12-2-1-9-21-12/h1-4,9H,5-8H2. The fraction of sp³-hybridized carbons (Fsp3) is 0.385. The molecule has 4 nitrogen and oxygen atoms in total. The Morgan fingerprint density at radius 1 is 0.952 bits per heavy atom. The normalized spacial score (nSPS) is 16.3. The minimum absolute atomic E-state index is 0.494. The van der Waals surface area contributed by atoms with Crippen molar-refractivity contribution in [3.8, 4) is 0 Å². The fourth-order valence-corrected chi connectivity index (χ4v) is 3.04. The van der Waals surface area contributed by atoms with Gasteiger partial charge in [0.25, 0.3) is 0 Å². The van der Waals surface area contributed by atoms with Gasteiger partial charge in [-0.3, -0.25) is 0 Å². The van der Waals surface area contributed by atoms with Gasteiger partial charge in [0, 0.05) is 26.2 Å². The van der Waals surface area contributed by atoms with E-state index >= 15 is 0 Å². The average molecular weight is 314 g/mol. The van der Waals surface area contributed by atoms with Crippen LogP contribution in [0, 0.1) is 0 Å². The third-order valence-corrected chi connectivity index (χ3v) is 4.29. The molecule has 1 fully saturated rings. The van der Waals surface area contributed by atoms with E-state index in [9.17, 15) is 13.2 Å². The second kappa shape index (κ2) is 5.51. The first-order valence-electron chi connectivity index (χ1n) is 6.48. The van der Waals surface area contributed by atoms with Crippen LogP contribution in [0.1, 0.15) is 5.69 Å². The van der Waals surface area contributed by atoms with E-state index < -0.39 is 11.9 Å². The molecule has 21 heavy (non-hydrogen) atoms. The quantitative estimate of drug-likeness (QED) is 0.853. The van der Waals surface area contributed by atoms with Crippen LogP contribution in [0.25, 0.3) is 0 Å². The van der Waals surface area contributed by atoms with E-state index in [1.807, 2.05) is 16.3 Å². The maximum atomic E-state index is 12.4. The van der Waals surface area contributed by atoms with Gasteiger partial charge in [-0.25, -0.2) is 0 Å². The summed E-state index contributed by atoms with van der Waals surface area (Å²) in [7, 11) is 0. The zero-order chi connectivity index (χ0) is 14.9. The first-order valence-corrected chi connectivity index (χ1v) is 7.36. The Hall–Kier alpha value is -1.83. The highest BCUT2D eigenvalue weighted by Crippen LogP contribution is 2.28. The van der Waals surface area contributed by atoms with E-state index in [-0.39, 0.29) is 0 Å². The van der Waals surface area contributed by atoms with E-state index in [1.165, 1.54) is 11.1 Å². The maximum absolute atomic E-state index is 12.4. The van der Waals surface area contributed by atoms with Crippen molar-refractivity contribution in [2.75, 3.05) is 36.0 Å². The Morgan fingerprint density at radius 3 is 2.19 bits per heavy atom. The topological polar surface area (TPSA) is 32.3 Å². The molecule has 3 heterocycles. The van der Waals surface area contributed by atoms with Gasteiger partial charge in [0.05, 0.1) is 5.00 Å². The molecule has 1 aliphatic heterocycles. The first-order chi connectivity index (χ1) is 10.0. The monoisotopic (exact) mass is 314 g/mol. The number of rotatable bonds is 2. The van der Waals surface area contributed by atoms with Gasteiger partial charge in [0.15, 0.2) is 11.5 Å². The van der Waals surface area contributed by atoms with Crippen LogP contribution in [0.4, 0.5) is 24.0 Å². The molecule has 2 aromatic heterocycles. The first kappa shape index (κ1) is 14.1. The van der Waals surface area contributed by atoms with E-state index in [1.54, 1.807) is 11.3 Å². The van der Waals surface area contributed by atoms with Crippen LogP contribution >= 0.6 is 11.3 Å². The molecule has 3 rings (SSSR count). The lowest BCUT2D eigenvalue weighted by atomic mass is 10.3. The lowest BCUT2D eigenvalue weighted by molar-refractivity contribution is -0.141. The molecule has 0 aliphatic carbocycles. The molecule has 0 spiro atoms. The van der Waals surface area contributed by atoms with Crippen LogP contribution in [-0.4, -0.2) is 36.4 Å². The second-order valence-electron chi connectivity index (χ2n) is 4.70. The Morgan fingerprint density at radius 2 is 1.67 bits per heavy atom. The predicted octanol–water partition coefficient (Wildman–Crippen LogP) is 2.88. The molecule has 0 N–H and O–H groups in total. The highest BCUT2D eigenvalue weighted by Gasteiger charge is 2.33. The van der Waals surface area contributed by atoms with Crippen molar-refractivity contribution < 1.29 is 13.2 Å². The summed E-state index contributed by atoms with van der Waals surface area (Å²) in [6, 6.07) is 6.44. The smallest absolute Gasteiger partial charge is 0.360 e. The van der Waals surface area contributed by atoms with E-state index in [0.717, 1.165) is 32.2 Å². The summed E-state index contributed by atoms with van der Waals surface area (Å²) in [5, 5.41) is 10.2. The summed E-state index contributed by atoms with van der Waals surface area (Å²) in [5.74, 6) is 0.494. The van der Waals surface area contributed by atoms with Gasteiger partial charge in [0.2, 0.25) is 0 Å². The predicted molar refractivity (Wildman–Crippen MR) is 75.8 cm³/mol. The summed E-state index contributed by atoms with van der Waals surface area (Å²) in [6.07, 6.45) is -4.44. The van der Waals surface area contributed by atoms with Crippen molar-refractivity contribution in [2.45, 2.75) is 6.18 Å². The number of hydrogen-bond donors (Lipinski definition) is 0. The van der Waals surface area contributed by atoms with E-state index in [4.69, 9.17) is 0 Å². The highest BCUT2D eigenvalue weighted by atomic mass is 32.1. The minimum Gasteiger partial charge on any atom is -0.360 e. The lowest BCUT2D eigenvalue weighted by Gasteiger charge is -2.35. The fourth-order valence-electron chi connectivity index (χ4n) is 2.25. The Balaban J connectivity index is 1.64. The number of hydrogen-bond acceptors (Lipinski definition) is 5. The van der Waals surface area contributed by atoms with Gasteiger partial charge < -0.3 is 9.80 Å². The van der Waals surface area contributed by atoms with Crippen LogP contribution < -0.4 is 9.80 Å². The van der Waals surface area contributed by atoms with Crippen LogP contribution in [0.3, 0.4) is 0 Å². The van der Waals surface area contributed by atoms with Crippen LogP contribution in [0.2, 0.25) is 0 Å². The van der Waals surface area contributed by atoms with Crippen LogP contribution in [0.15, 0.2) is 29.6 Å². The summed E-state index contributed by atoms with van der Waals surface area (Å²) in [6.45, 7) is 3.09. The molecule has 1 aliphatic rings. The largest absolute Gasteiger partial charge is 0.435 e. The summed E-state index contributed by atoms with van der Waals surface area (Å²) < 4.78 is 37.3. The molecule has 0 aromatic carbocycles. The summed E-state index contributed by atoms with van der Waals surface area (Å²) in [4.78, 5) is 4.22. The molecular weight excluding hydrogens is 301 g/mol. The van der Waals surface area contributed by atoms with E-state index in [2.05, 4.69) is 21.2 Å². The maximum Gasteiger partial charge on any atom is 0.435 e. The third kappa shape index (κ3) is 3.10. The zero-order valence-electron chi connectivity index (χ0n) is 11.0. The molecule has 0 atom stereocenters. The molecule has 8 heteroatoms. The molecule has 2 aromatic rings. The number of anilines is 2. The van der Waals surface area contributed by atoms with E-state index in [0.29, 0.717) is 5.82 Å². The highest BCUT2D eigenvalue weighted by molar-refractivity contribution is 7.14. The second-order valence-corrected chi connectivity index (χ2v) is 5.63. The molecule has 0 saturated carbocycles. The molecular formula is C13H13F3N4S. The van der Waals surface area contributed by atoms with Crippen molar-refractivity contribution in [2.24, 2.45) is 0 Å². The molecule has 0 bridgehead atoms. The molecule has 112 valence electrons. The minimum atomic E-state index is -4.44. The van der Waals surface area contributed by atoms with Crippen molar-refractivity contribution in [1.82, 2.24) is 10.2 Å². The van der Waals surface area contributed by atoms with Gasteiger partial charge in [-0.1, -0.05) is 0 Å². The van der Waals surface area contributed by atoms with Crippen molar-refractivity contribution in [1.29, 1.82) is 0 Å². The van der Waals surface area contributed by atoms with Gasteiger partial charge in [-0.05, 0) is 29.6 Å². The number of piperazine rings is 1.